The molecule has 0 saturated carbocycles. The number of hydrogen-bond acceptors (Lipinski definition) is 4. The Bertz CT molecular complexity index is 478. The lowest BCUT2D eigenvalue weighted by atomic mass is 9.94. The van der Waals surface area contributed by atoms with Gasteiger partial charge in [-0.15, -0.1) is 0 Å². The third-order valence-corrected chi connectivity index (χ3v) is 3.99. The average Bonchev–Trinajstić information content (AvgIpc) is 2.46. The Morgan fingerprint density at radius 2 is 2.29 bits per heavy atom. The van der Waals surface area contributed by atoms with Crippen molar-refractivity contribution in [2.75, 3.05) is 39.1 Å². The first-order valence-corrected chi connectivity index (χ1v) is 7.44. The van der Waals surface area contributed by atoms with Crippen molar-refractivity contribution >= 4 is 11.6 Å². The van der Waals surface area contributed by atoms with Crippen LogP contribution in [-0.4, -0.2) is 50.6 Å². The fraction of sp³-hybridized carbons (Fsp3) is 0.562. The number of amides is 1. The first-order valence-electron chi connectivity index (χ1n) is 7.44. The standard InChI is InChI=1S/C16H25N3O2/c1-12-11-19(2)8-7-15(12)17-10-16(20)18-13-5-4-6-14(9-13)21-3/h4-6,9,12,15,17H,7-8,10-11H2,1-3H3,(H,18,20). The first-order chi connectivity index (χ1) is 10.1. The normalized spacial score (nSPS) is 22.8. The minimum Gasteiger partial charge on any atom is -0.497 e. The summed E-state index contributed by atoms with van der Waals surface area (Å²) in [4.78, 5) is 14.3. The first kappa shape index (κ1) is 15.8. The van der Waals surface area contributed by atoms with Crippen molar-refractivity contribution in [1.82, 2.24) is 10.2 Å². The number of carbonyl (C=O) groups is 1. The molecule has 116 valence electrons. The Morgan fingerprint density at radius 1 is 1.48 bits per heavy atom. The maximum Gasteiger partial charge on any atom is 0.238 e. The van der Waals surface area contributed by atoms with Gasteiger partial charge in [-0.05, 0) is 38.1 Å². The number of likely N-dealkylation sites (tertiary alicyclic amines) is 1. The minimum absolute atomic E-state index is 0.0191. The number of anilines is 1. The van der Waals surface area contributed by atoms with Crippen molar-refractivity contribution in [1.29, 1.82) is 0 Å². The third-order valence-electron chi connectivity index (χ3n) is 3.99. The van der Waals surface area contributed by atoms with E-state index in [0.717, 1.165) is 30.9 Å². The molecule has 1 heterocycles. The van der Waals surface area contributed by atoms with Gasteiger partial charge in [-0.2, -0.15) is 0 Å². The molecule has 0 aromatic heterocycles. The Morgan fingerprint density at radius 3 is 3.00 bits per heavy atom. The molecular weight excluding hydrogens is 266 g/mol. The van der Waals surface area contributed by atoms with Crippen LogP contribution in [-0.2, 0) is 4.79 Å². The van der Waals surface area contributed by atoms with E-state index >= 15 is 0 Å². The molecule has 1 saturated heterocycles. The zero-order valence-corrected chi connectivity index (χ0v) is 13.1. The van der Waals surface area contributed by atoms with E-state index in [2.05, 4.69) is 29.5 Å². The molecule has 1 aromatic rings. The second kappa shape index (κ2) is 7.43. The van der Waals surface area contributed by atoms with Crippen molar-refractivity contribution in [3.63, 3.8) is 0 Å². The molecule has 0 radical (unpaired) electrons. The molecular formula is C16H25N3O2. The second-order valence-corrected chi connectivity index (χ2v) is 5.80. The van der Waals surface area contributed by atoms with Gasteiger partial charge < -0.3 is 20.3 Å². The summed E-state index contributed by atoms with van der Waals surface area (Å²) in [6.07, 6.45) is 1.09. The van der Waals surface area contributed by atoms with Crippen molar-refractivity contribution in [2.45, 2.75) is 19.4 Å². The Kier molecular flexibility index (Phi) is 5.59. The molecule has 1 aliphatic rings. The topological polar surface area (TPSA) is 53.6 Å². The van der Waals surface area contributed by atoms with Crippen LogP contribution in [0.3, 0.4) is 0 Å². The number of hydrogen-bond donors (Lipinski definition) is 2. The number of rotatable bonds is 5. The van der Waals surface area contributed by atoms with Gasteiger partial charge in [0.1, 0.15) is 5.75 Å². The van der Waals surface area contributed by atoms with Crippen molar-refractivity contribution in [3.05, 3.63) is 24.3 Å². The molecule has 2 rings (SSSR count). The lowest BCUT2D eigenvalue weighted by Gasteiger charge is -2.35. The van der Waals surface area contributed by atoms with E-state index in [1.165, 1.54) is 0 Å². The van der Waals surface area contributed by atoms with Crippen LogP contribution < -0.4 is 15.4 Å². The second-order valence-electron chi connectivity index (χ2n) is 5.80. The number of methoxy groups -OCH3 is 1. The molecule has 1 fully saturated rings. The number of nitrogens with one attached hydrogen (secondary N) is 2. The van der Waals surface area contributed by atoms with Gasteiger partial charge in [0.2, 0.25) is 5.91 Å². The van der Waals surface area contributed by atoms with E-state index in [9.17, 15) is 4.79 Å². The Balaban J connectivity index is 1.79. The maximum atomic E-state index is 12.0. The van der Waals surface area contributed by atoms with Gasteiger partial charge in [0.25, 0.3) is 0 Å². The van der Waals surface area contributed by atoms with Crippen molar-refractivity contribution < 1.29 is 9.53 Å². The summed E-state index contributed by atoms with van der Waals surface area (Å²) < 4.78 is 5.14. The highest BCUT2D eigenvalue weighted by atomic mass is 16.5. The molecule has 1 amide bonds. The molecule has 5 heteroatoms. The molecule has 5 nitrogen and oxygen atoms in total. The van der Waals surface area contributed by atoms with Gasteiger partial charge in [-0.3, -0.25) is 4.79 Å². The summed E-state index contributed by atoms with van der Waals surface area (Å²) in [5.74, 6) is 1.28. The van der Waals surface area contributed by atoms with Crippen LogP contribution in [0.15, 0.2) is 24.3 Å². The van der Waals surface area contributed by atoms with E-state index in [1.54, 1.807) is 7.11 Å². The van der Waals surface area contributed by atoms with E-state index in [4.69, 9.17) is 4.74 Å². The summed E-state index contributed by atoms with van der Waals surface area (Å²) in [5.41, 5.74) is 0.762. The van der Waals surface area contributed by atoms with Crippen LogP contribution in [0.5, 0.6) is 5.75 Å². The molecule has 2 atom stereocenters. The van der Waals surface area contributed by atoms with Gasteiger partial charge >= 0.3 is 0 Å². The highest BCUT2D eigenvalue weighted by Gasteiger charge is 2.24. The van der Waals surface area contributed by atoms with Gasteiger partial charge in [0.15, 0.2) is 0 Å². The zero-order valence-electron chi connectivity index (χ0n) is 13.1. The molecule has 0 bridgehead atoms. The molecule has 21 heavy (non-hydrogen) atoms. The summed E-state index contributed by atoms with van der Waals surface area (Å²) in [5, 5.41) is 6.26. The maximum absolute atomic E-state index is 12.0. The minimum atomic E-state index is -0.0191. The van der Waals surface area contributed by atoms with E-state index in [0.29, 0.717) is 18.5 Å². The van der Waals surface area contributed by atoms with Crippen LogP contribution in [0.2, 0.25) is 0 Å². The number of ether oxygens (including phenoxy) is 1. The lowest BCUT2D eigenvalue weighted by molar-refractivity contribution is -0.115. The fourth-order valence-corrected chi connectivity index (χ4v) is 2.79. The number of piperidine rings is 1. The summed E-state index contributed by atoms with van der Waals surface area (Å²) in [7, 11) is 3.76. The van der Waals surface area contributed by atoms with Crippen LogP contribution in [0.25, 0.3) is 0 Å². The summed E-state index contributed by atoms with van der Waals surface area (Å²) >= 11 is 0. The number of carbonyl (C=O) groups excluding carboxylic acids is 1. The number of benzene rings is 1. The van der Waals surface area contributed by atoms with Crippen molar-refractivity contribution in [2.24, 2.45) is 5.92 Å². The van der Waals surface area contributed by atoms with E-state index in [-0.39, 0.29) is 5.91 Å². The lowest BCUT2D eigenvalue weighted by Crippen LogP contribution is -2.48. The largest absolute Gasteiger partial charge is 0.497 e. The van der Waals surface area contributed by atoms with Crippen molar-refractivity contribution in [3.8, 4) is 5.75 Å². The fourth-order valence-electron chi connectivity index (χ4n) is 2.79. The molecule has 0 aliphatic carbocycles. The molecule has 2 N–H and O–H groups in total. The molecule has 1 aliphatic heterocycles. The Hall–Kier alpha value is -1.59. The Labute approximate surface area is 126 Å². The monoisotopic (exact) mass is 291 g/mol. The number of nitrogens with zero attached hydrogens (tertiary/aromatic N) is 1. The molecule has 0 spiro atoms. The van der Waals surface area contributed by atoms with Crippen LogP contribution in [0.4, 0.5) is 5.69 Å². The van der Waals surface area contributed by atoms with E-state index < -0.39 is 0 Å². The highest BCUT2D eigenvalue weighted by Crippen LogP contribution is 2.17. The average molecular weight is 291 g/mol. The van der Waals surface area contributed by atoms with Gasteiger partial charge in [-0.1, -0.05) is 13.0 Å². The van der Waals surface area contributed by atoms with Gasteiger partial charge in [0, 0.05) is 24.3 Å². The third kappa shape index (κ3) is 4.72. The van der Waals surface area contributed by atoms with Crippen LogP contribution >= 0.6 is 0 Å². The van der Waals surface area contributed by atoms with Crippen LogP contribution in [0.1, 0.15) is 13.3 Å². The molecule has 2 unspecified atom stereocenters. The quantitative estimate of drug-likeness (QED) is 0.864. The van der Waals surface area contributed by atoms with Gasteiger partial charge in [0.05, 0.1) is 13.7 Å². The predicted octanol–water partition coefficient (Wildman–Crippen LogP) is 1.56. The smallest absolute Gasteiger partial charge is 0.238 e. The molecule has 1 aromatic carbocycles. The summed E-state index contributed by atoms with van der Waals surface area (Å²) in [6, 6.07) is 7.81. The zero-order chi connectivity index (χ0) is 15.2. The SMILES string of the molecule is COc1cccc(NC(=O)CNC2CCN(C)CC2C)c1. The highest BCUT2D eigenvalue weighted by molar-refractivity contribution is 5.92. The predicted molar refractivity (Wildman–Crippen MR) is 84.7 cm³/mol. The summed E-state index contributed by atoms with van der Waals surface area (Å²) in [6.45, 7) is 4.73. The van der Waals surface area contributed by atoms with Gasteiger partial charge in [-0.25, -0.2) is 0 Å². The van der Waals surface area contributed by atoms with E-state index in [1.807, 2.05) is 24.3 Å². The van der Waals surface area contributed by atoms with Crippen LogP contribution in [0, 0.1) is 5.92 Å².